The van der Waals surface area contributed by atoms with Crippen LogP contribution >= 0.6 is 0 Å². The van der Waals surface area contributed by atoms with Crippen molar-refractivity contribution in [3.05, 3.63) is 6.92 Å². The second-order valence-electron chi connectivity index (χ2n) is 4.05. The van der Waals surface area contributed by atoms with E-state index >= 15 is 0 Å². The Morgan fingerprint density at radius 3 is 2.77 bits per heavy atom. The van der Waals surface area contributed by atoms with E-state index in [1.807, 2.05) is 4.90 Å². The van der Waals surface area contributed by atoms with Crippen molar-refractivity contribution in [1.29, 1.82) is 0 Å². The number of rotatable bonds is 0. The molecule has 0 aromatic rings. The van der Waals surface area contributed by atoms with Crippen LogP contribution in [0.25, 0.3) is 0 Å². The highest BCUT2D eigenvalue weighted by molar-refractivity contribution is 5.80. The van der Waals surface area contributed by atoms with Crippen LogP contribution in [-0.2, 0) is 9.53 Å². The molecule has 13 heavy (non-hydrogen) atoms. The molecule has 2 saturated heterocycles. The summed E-state index contributed by atoms with van der Waals surface area (Å²) in [7, 11) is 0. The molecule has 0 bridgehead atoms. The molecule has 1 unspecified atom stereocenters. The van der Waals surface area contributed by atoms with E-state index in [1.165, 1.54) is 0 Å². The number of hydrogen-bond acceptors (Lipinski definition) is 2. The van der Waals surface area contributed by atoms with E-state index in [0.29, 0.717) is 0 Å². The molecule has 73 valence electrons. The van der Waals surface area contributed by atoms with Crippen LogP contribution in [0, 0.1) is 6.92 Å². The number of carbonyl (C=O) groups excluding carboxylic acids is 1. The molecule has 2 fully saturated rings. The van der Waals surface area contributed by atoms with Crippen LogP contribution in [0.4, 0.5) is 0 Å². The van der Waals surface area contributed by atoms with Gasteiger partial charge in [-0.3, -0.25) is 4.79 Å². The van der Waals surface area contributed by atoms with Crippen LogP contribution in [0.2, 0.25) is 0 Å². The fourth-order valence-corrected chi connectivity index (χ4v) is 2.39. The van der Waals surface area contributed by atoms with Gasteiger partial charge in [0.2, 0.25) is 5.91 Å². The Balaban J connectivity index is 2.02. The first-order valence-electron chi connectivity index (χ1n) is 4.97. The van der Waals surface area contributed by atoms with Crippen molar-refractivity contribution in [2.24, 2.45) is 0 Å². The lowest BCUT2D eigenvalue weighted by atomic mass is 9.90. The molecule has 0 aromatic heterocycles. The molecule has 1 atom stereocenters. The van der Waals surface area contributed by atoms with Gasteiger partial charge in [0, 0.05) is 26.6 Å². The van der Waals surface area contributed by atoms with Crippen molar-refractivity contribution in [1.82, 2.24) is 4.90 Å². The highest BCUT2D eigenvalue weighted by atomic mass is 16.5. The fraction of sp³-hybridized carbons (Fsp3) is 0.800. The lowest BCUT2D eigenvalue weighted by Gasteiger charge is -2.39. The van der Waals surface area contributed by atoms with E-state index in [-0.39, 0.29) is 11.5 Å². The quantitative estimate of drug-likeness (QED) is 0.559. The molecule has 0 aliphatic carbocycles. The highest BCUT2D eigenvalue weighted by Gasteiger charge is 2.39. The average Bonchev–Trinajstić information content (AvgIpc) is 2.53. The van der Waals surface area contributed by atoms with Gasteiger partial charge in [-0.2, -0.15) is 0 Å². The van der Waals surface area contributed by atoms with Crippen LogP contribution in [0.3, 0.4) is 0 Å². The van der Waals surface area contributed by atoms with Crippen LogP contribution in [0.15, 0.2) is 0 Å². The van der Waals surface area contributed by atoms with E-state index < -0.39 is 0 Å². The molecule has 1 spiro atoms. The van der Waals surface area contributed by atoms with Gasteiger partial charge in [-0.05, 0) is 25.7 Å². The zero-order chi connectivity index (χ0) is 9.31. The van der Waals surface area contributed by atoms with E-state index in [4.69, 9.17) is 4.74 Å². The molecule has 3 heteroatoms. The standard InChI is InChI=1S/C10H16NO2/c1-9(12)11-6-2-4-10(8-11)5-3-7-13-10/h1-8H2. The van der Waals surface area contributed by atoms with Gasteiger partial charge in [-0.1, -0.05) is 0 Å². The summed E-state index contributed by atoms with van der Waals surface area (Å²) in [4.78, 5) is 12.9. The van der Waals surface area contributed by atoms with Crippen molar-refractivity contribution >= 4 is 5.91 Å². The minimum atomic E-state index is -0.0606. The molecule has 0 N–H and O–H groups in total. The average molecular weight is 182 g/mol. The summed E-state index contributed by atoms with van der Waals surface area (Å²) in [5.41, 5.74) is -0.00833. The van der Waals surface area contributed by atoms with Gasteiger partial charge in [-0.15, -0.1) is 0 Å². The minimum Gasteiger partial charge on any atom is -0.373 e. The van der Waals surface area contributed by atoms with Crippen molar-refractivity contribution in [3.8, 4) is 0 Å². The van der Waals surface area contributed by atoms with Gasteiger partial charge in [0.15, 0.2) is 0 Å². The molecule has 2 rings (SSSR count). The van der Waals surface area contributed by atoms with Crippen LogP contribution < -0.4 is 0 Å². The Hall–Kier alpha value is -0.570. The molecular weight excluding hydrogens is 166 g/mol. The zero-order valence-electron chi connectivity index (χ0n) is 7.92. The summed E-state index contributed by atoms with van der Waals surface area (Å²) in [6.45, 7) is 5.92. The number of ether oxygens (including phenoxy) is 1. The molecule has 2 aliphatic rings. The van der Waals surface area contributed by atoms with Gasteiger partial charge < -0.3 is 9.64 Å². The van der Waals surface area contributed by atoms with Gasteiger partial charge >= 0.3 is 0 Å². The van der Waals surface area contributed by atoms with Crippen LogP contribution in [-0.4, -0.2) is 36.1 Å². The van der Waals surface area contributed by atoms with E-state index in [1.54, 1.807) is 0 Å². The van der Waals surface area contributed by atoms with Crippen LogP contribution in [0.5, 0.6) is 0 Å². The fourth-order valence-electron chi connectivity index (χ4n) is 2.39. The molecule has 0 aromatic carbocycles. The highest BCUT2D eigenvalue weighted by Crippen LogP contribution is 2.34. The second kappa shape index (κ2) is 3.29. The first kappa shape index (κ1) is 9.00. The molecule has 2 aliphatic heterocycles. The largest absolute Gasteiger partial charge is 0.373 e. The maximum atomic E-state index is 11.1. The van der Waals surface area contributed by atoms with Crippen molar-refractivity contribution in [2.75, 3.05) is 19.7 Å². The third-order valence-corrected chi connectivity index (χ3v) is 3.08. The number of likely N-dealkylation sites (tertiary alicyclic amines) is 1. The Morgan fingerprint density at radius 1 is 1.38 bits per heavy atom. The van der Waals surface area contributed by atoms with Crippen molar-refractivity contribution in [3.63, 3.8) is 0 Å². The summed E-state index contributed by atoms with van der Waals surface area (Å²) >= 11 is 0. The predicted octanol–water partition coefficient (Wildman–Crippen LogP) is 0.992. The lowest BCUT2D eigenvalue weighted by molar-refractivity contribution is -0.134. The third-order valence-electron chi connectivity index (χ3n) is 3.08. The molecular formula is C10H16NO2. The number of amides is 1. The Kier molecular flexibility index (Phi) is 2.28. The number of nitrogens with zero attached hydrogens (tertiary/aromatic N) is 1. The maximum Gasteiger partial charge on any atom is 0.223 e. The minimum absolute atomic E-state index is 0.00833. The van der Waals surface area contributed by atoms with Gasteiger partial charge in [0.05, 0.1) is 5.60 Å². The van der Waals surface area contributed by atoms with Gasteiger partial charge in [0.25, 0.3) is 0 Å². The number of piperidine rings is 1. The molecule has 1 radical (unpaired) electrons. The topological polar surface area (TPSA) is 29.5 Å². The van der Waals surface area contributed by atoms with Gasteiger partial charge in [0.1, 0.15) is 0 Å². The SMILES string of the molecule is [CH2]C(=O)N1CCCC2(CCCO2)C1. The normalized spacial score (nSPS) is 34.1. The summed E-state index contributed by atoms with van der Waals surface area (Å²) in [5.74, 6) is -0.0606. The maximum absolute atomic E-state index is 11.1. The Morgan fingerprint density at radius 2 is 2.15 bits per heavy atom. The first-order valence-corrected chi connectivity index (χ1v) is 4.97. The molecule has 1 amide bonds. The Labute approximate surface area is 79.0 Å². The first-order chi connectivity index (χ1) is 6.22. The molecule has 2 heterocycles. The summed E-state index contributed by atoms with van der Waals surface area (Å²) in [6, 6.07) is 0. The van der Waals surface area contributed by atoms with Crippen molar-refractivity contribution < 1.29 is 9.53 Å². The van der Waals surface area contributed by atoms with E-state index in [9.17, 15) is 4.79 Å². The second-order valence-corrected chi connectivity index (χ2v) is 4.05. The monoisotopic (exact) mass is 182 g/mol. The Bertz CT molecular complexity index is 209. The van der Waals surface area contributed by atoms with E-state index in [0.717, 1.165) is 45.4 Å². The zero-order valence-corrected chi connectivity index (χ0v) is 7.92. The van der Waals surface area contributed by atoms with E-state index in [2.05, 4.69) is 6.92 Å². The summed E-state index contributed by atoms with van der Waals surface area (Å²) in [5, 5.41) is 0. The summed E-state index contributed by atoms with van der Waals surface area (Å²) in [6.07, 6.45) is 4.41. The van der Waals surface area contributed by atoms with Crippen molar-refractivity contribution in [2.45, 2.75) is 31.3 Å². The van der Waals surface area contributed by atoms with Crippen LogP contribution in [0.1, 0.15) is 25.7 Å². The smallest absolute Gasteiger partial charge is 0.223 e. The summed E-state index contributed by atoms with van der Waals surface area (Å²) < 4.78 is 5.74. The predicted molar refractivity (Wildman–Crippen MR) is 49.1 cm³/mol. The number of carbonyl (C=O) groups is 1. The number of hydrogen-bond donors (Lipinski definition) is 0. The molecule has 0 saturated carbocycles. The lowest BCUT2D eigenvalue weighted by Crippen LogP contribution is -2.49. The third kappa shape index (κ3) is 1.70. The van der Waals surface area contributed by atoms with Gasteiger partial charge in [-0.25, -0.2) is 0 Å². The molecule has 3 nitrogen and oxygen atoms in total.